The van der Waals surface area contributed by atoms with Crippen LogP contribution in [0, 0.1) is 29.1 Å². The topological polar surface area (TPSA) is 450 Å². The predicted octanol–water partition coefficient (Wildman–Crippen LogP) is -1.16. The molecule has 0 aliphatic carbocycles. The van der Waals surface area contributed by atoms with Gasteiger partial charge in [0.05, 0.1) is 31.2 Å². The molecule has 4 saturated heterocycles. The molecule has 0 spiro atoms. The maximum Gasteiger partial charge on any atom is 0.246 e. The molecule has 0 aromatic heterocycles. The number of ketones is 1. The lowest BCUT2D eigenvalue weighted by atomic mass is 9.87. The minimum atomic E-state index is -1.69. The summed E-state index contributed by atoms with van der Waals surface area (Å²) < 4.78 is -1.34. The first-order valence-electron chi connectivity index (χ1n) is 32.9. The fourth-order valence-electron chi connectivity index (χ4n) is 11.6. The van der Waals surface area contributed by atoms with E-state index < -0.39 is 191 Å². The first kappa shape index (κ1) is 79.1. The molecule has 17 N–H and O–H groups in total. The van der Waals surface area contributed by atoms with E-state index in [1.807, 2.05) is 34.6 Å². The van der Waals surface area contributed by atoms with Gasteiger partial charge in [-0.05, 0) is 101 Å². The van der Waals surface area contributed by atoms with Crippen molar-refractivity contribution in [1.82, 2.24) is 57.7 Å². The van der Waals surface area contributed by atoms with Gasteiger partial charge in [0.25, 0.3) is 0 Å². The third-order valence-electron chi connectivity index (χ3n) is 18.0. The number of nitrogens with two attached hydrogens (primary N) is 3. The fraction of sp³-hybridized carbons (Fsp3) is 0.790. The van der Waals surface area contributed by atoms with Crippen LogP contribution in [0.2, 0.25) is 0 Å². The number of aliphatic hydroxyl groups is 2. The summed E-state index contributed by atoms with van der Waals surface area (Å²) in [4.78, 5) is 181. The maximum absolute atomic E-state index is 15.1. The molecule has 2 bridgehead atoms. The van der Waals surface area contributed by atoms with Crippen LogP contribution in [0.1, 0.15) is 166 Å². The number of Topliss-reactive ketones (excluding diaryl/α,β-unsaturated/α-hetero) is 1. The van der Waals surface area contributed by atoms with E-state index >= 15 is 9.59 Å². The lowest BCUT2D eigenvalue weighted by molar-refractivity contribution is -0.148. The molecule has 29 nitrogen and oxygen atoms in total. The van der Waals surface area contributed by atoms with Crippen LogP contribution in [0.15, 0.2) is 4.99 Å². The highest BCUT2D eigenvalue weighted by Crippen LogP contribution is 2.39. The molecule has 2 unspecified atom stereocenters. The van der Waals surface area contributed by atoms with Crippen molar-refractivity contribution in [1.29, 1.82) is 0 Å². The van der Waals surface area contributed by atoms with Crippen molar-refractivity contribution in [2.75, 3.05) is 45.1 Å². The van der Waals surface area contributed by atoms with Gasteiger partial charge < -0.3 is 85.1 Å². The van der Waals surface area contributed by atoms with Gasteiger partial charge in [0.15, 0.2) is 11.7 Å². The van der Waals surface area contributed by atoms with Gasteiger partial charge in [-0.25, -0.2) is 0 Å². The molecule has 4 aliphatic rings. The molecular formula is C62H107N15O14S2. The lowest BCUT2D eigenvalue weighted by Gasteiger charge is -2.37. The van der Waals surface area contributed by atoms with Gasteiger partial charge in [-0.15, -0.1) is 0 Å². The molecule has 4 rings (SSSR count). The number of fused-ring (bicyclic) bond motifs is 7. The molecule has 0 aromatic carbocycles. The number of aliphatic imine (C=N–C) groups is 1. The third-order valence-corrected chi connectivity index (χ3v) is 21.3. The molecule has 0 saturated carbocycles. The van der Waals surface area contributed by atoms with Crippen molar-refractivity contribution in [2.24, 2.45) is 51.3 Å². The van der Waals surface area contributed by atoms with Crippen molar-refractivity contribution in [3.63, 3.8) is 0 Å². The molecule has 526 valence electrons. The van der Waals surface area contributed by atoms with Crippen molar-refractivity contribution in [2.45, 2.75) is 237 Å². The summed E-state index contributed by atoms with van der Waals surface area (Å²) in [6.07, 6.45) is 1.94. The SMILES string of the molecule is CCC(C)C1NC(=O)[C@H](N)CCCNC(=O)[C@H]([C@@H](C)CC)NC(=O)[C@@H]2NC(=O)[C@H]([C@@H](C)CC)NC(=O)[C@@H]3CCCN3C(=O)[C@@H]3CCCN3C(=O)[C@H](CC(C)(C)C)NC(=O)[C@H](CO)NC(=O)[C@H](CCCN=C(N)N)NC(=O)[C@H](CO)CCC(=O)[C@H](CSSC2(C)C)NC1=O. The number of nitrogens with zero attached hydrogens (tertiary/aromatic N) is 3. The average molecular weight is 1350 g/mol. The van der Waals surface area contributed by atoms with Gasteiger partial charge >= 0.3 is 0 Å². The molecule has 0 radical (unpaired) electrons. The molecule has 93 heavy (non-hydrogen) atoms. The van der Waals surface area contributed by atoms with E-state index in [-0.39, 0.29) is 89.3 Å². The highest BCUT2D eigenvalue weighted by atomic mass is 33.1. The number of nitrogens with one attached hydrogen (secondary N) is 9. The molecule has 4 aliphatic heterocycles. The summed E-state index contributed by atoms with van der Waals surface area (Å²) in [5.41, 5.74) is 16.9. The summed E-state index contributed by atoms with van der Waals surface area (Å²) in [6.45, 7) is 18.0. The molecule has 31 heteroatoms. The second-order valence-electron chi connectivity index (χ2n) is 27.0. The summed E-state index contributed by atoms with van der Waals surface area (Å²) in [7, 11) is 2.11. The predicted molar refractivity (Wildman–Crippen MR) is 354 cm³/mol. The zero-order valence-corrected chi connectivity index (χ0v) is 57.8. The average Bonchev–Trinajstić information content (AvgIpc) is 1.70. The Balaban J connectivity index is 1.93. The first-order chi connectivity index (χ1) is 43.7. The van der Waals surface area contributed by atoms with Crippen molar-refractivity contribution < 1.29 is 67.7 Å². The number of carbonyl (C=O) groups is 12. The van der Waals surface area contributed by atoms with Crippen molar-refractivity contribution in [3.05, 3.63) is 0 Å². The molecule has 15 atom stereocenters. The van der Waals surface area contributed by atoms with Gasteiger partial charge in [0.2, 0.25) is 65.0 Å². The van der Waals surface area contributed by atoms with Crippen LogP contribution in [0.3, 0.4) is 0 Å². The number of aliphatic hydroxyl groups excluding tert-OH is 2. The van der Waals surface area contributed by atoms with Gasteiger partial charge in [0.1, 0.15) is 54.4 Å². The Morgan fingerprint density at radius 2 is 1.13 bits per heavy atom. The van der Waals surface area contributed by atoms with E-state index in [9.17, 15) is 58.2 Å². The maximum atomic E-state index is 15.1. The number of rotatable bonds is 13. The molecule has 4 fully saturated rings. The Kier molecular flexibility index (Phi) is 31.6. The lowest BCUT2D eigenvalue weighted by Crippen LogP contribution is -2.64. The Morgan fingerprint density at radius 3 is 1.70 bits per heavy atom. The zero-order chi connectivity index (χ0) is 69.7. The molecule has 11 amide bonds. The molecular weight excluding hydrogens is 1240 g/mol. The van der Waals surface area contributed by atoms with Gasteiger partial charge in [0, 0.05) is 43.1 Å². The summed E-state index contributed by atoms with van der Waals surface area (Å²) in [5.74, 6) is -12.0. The van der Waals surface area contributed by atoms with E-state index in [0.717, 1.165) is 21.6 Å². The minimum absolute atomic E-state index is 0.000386. The van der Waals surface area contributed by atoms with Crippen molar-refractivity contribution in [3.8, 4) is 0 Å². The monoisotopic (exact) mass is 1350 g/mol. The minimum Gasteiger partial charge on any atom is -0.396 e. The first-order valence-corrected chi connectivity index (χ1v) is 35.2. The van der Waals surface area contributed by atoms with Crippen LogP contribution < -0.4 is 65.1 Å². The van der Waals surface area contributed by atoms with Crippen LogP contribution >= 0.6 is 21.6 Å². The van der Waals surface area contributed by atoms with E-state index in [4.69, 9.17) is 17.2 Å². The smallest absolute Gasteiger partial charge is 0.246 e. The number of hydrogen-bond donors (Lipinski definition) is 14. The summed E-state index contributed by atoms with van der Waals surface area (Å²) >= 11 is 0. The van der Waals surface area contributed by atoms with Crippen LogP contribution in [0.25, 0.3) is 0 Å². The van der Waals surface area contributed by atoms with Gasteiger partial charge in [-0.2, -0.15) is 0 Å². The van der Waals surface area contributed by atoms with Crippen LogP contribution in [0.4, 0.5) is 0 Å². The normalized spacial score (nSPS) is 30.0. The largest absolute Gasteiger partial charge is 0.396 e. The highest BCUT2D eigenvalue weighted by Gasteiger charge is 2.47. The Labute approximate surface area is 555 Å². The van der Waals surface area contributed by atoms with E-state index in [0.29, 0.717) is 32.1 Å². The number of amides is 11. The van der Waals surface area contributed by atoms with Gasteiger partial charge in [-0.3, -0.25) is 62.5 Å². The molecule has 0 aromatic rings. The summed E-state index contributed by atoms with van der Waals surface area (Å²) in [6, 6.07) is -14.2. The van der Waals surface area contributed by atoms with E-state index in [1.165, 1.54) is 9.80 Å². The van der Waals surface area contributed by atoms with Crippen LogP contribution in [-0.2, 0) is 57.5 Å². The van der Waals surface area contributed by atoms with Crippen LogP contribution in [-0.4, -0.2) is 213 Å². The van der Waals surface area contributed by atoms with Crippen LogP contribution in [0.5, 0.6) is 0 Å². The second kappa shape index (κ2) is 37.1. The fourth-order valence-corrected chi connectivity index (χ4v) is 14.4. The quantitative estimate of drug-likeness (QED) is 0.0447. The Hall–Kier alpha value is -6.31. The number of guanidine groups is 1. The van der Waals surface area contributed by atoms with Crippen molar-refractivity contribution >= 4 is 98.3 Å². The van der Waals surface area contributed by atoms with E-state index in [2.05, 4.69) is 52.8 Å². The van der Waals surface area contributed by atoms with Gasteiger partial charge in [-0.1, -0.05) is 103 Å². The second-order valence-corrected chi connectivity index (χ2v) is 30.0. The number of hydrogen-bond acceptors (Lipinski definition) is 18. The highest BCUT2D eigenvalue weighted by molar-refractivity contribution is 8.77. The standard InChI is InChI=1S/C62H107N15O14S2/c1-12-33(4)45-54(86)66-25-15-19-37(63)50(82)72-46(34(5)13-2)55(87)71-41-32-92-93-62(10,11)48(57(89)74-45)75-56(88)47(35(6)14-3)73-53(85)42-21-17-27-76(42)59(91)43-22-18-28-77(43)58(90)39(29-61(7,8)9)69-52(84)40(31-79)70-51(83)38(20-16-26-67-60(64)65)68-49(81)36(30-78)23-24-44(41)80/h33-43,45-48,78-79H,12-32,63H2,1-11H3,(H,66,86)(H,68,81)(H,69,84)(H,70,83)(H,71,87)(H,72,82)(H,73,85)(H,74,89)(H,75,88)(H4,64,65,67)/t33-,34?,35-,36-,37+,38-,39-,40-,41-,42-,43-,45-,46?,47-,48-/m0/s1. The zero-order valence-electron chi connectivity index (χ0n) is 56.2. The number of carbonyl (C=O) groups excluding carboxylic acids is 12. The molecule has 4 heterocycles. The van der Waals surface area contributed by atoms with E-state index in [1.54, 1.807) is 41.5 Å². The third kappa shape index (κ3) is 23.2. The summed E-state index contributed by atoms with van der Waals surface area (Å²) in [5, 5.41) is 46.3. The Bertz CT molecular complexity index is 2660. The Morgan fingerprint density at radius 1 is 0.602 bits per heavy atom.